The van der Waals surface area contributed by atoms with E-state index in [-0.39, 0.29) is 4.90 Å². The Labute approximate surface area is 181 Å². The minimum absolute atomic E-state index is 0.182. The van der Waals surface area contributed by atoms with E-state index < -0.39 is 10.0 Å². The molecule has 4 rings (SSSR count). The lowest BCUT2D eigenvalue weighted by molar-refractivity contribution is 0.275. The average molecular weight is 447 g/mol. The van der Waals surface area contributed by atoms with Gasteiger partial charge in [0.2, 0.25) is 15.9 Å². The van der Waals surface area contributed by atoms with Crippen LogP contribution in [0.1, 0.15) is 23.6 Å². The first-order valence-electron chi connectivity index (χ1n) is 10.1. The number of hydrogen-bond donors (Lipinski definition) is 0. The van der Waals surface area contributed by atoms with Crippen molar-refractivity contribution >= 4 is 10.0 Å². The van der Waals surface area contributed by atoms with Gasteiger partial charge in [-0.3, -0.25) is 4.90 Å². The van der Waals surface area contributed by atoms with Gasteiger partial charge in [-0.05, 0) is 51.1 Å². The van der Waals surface area contributed by atoms with Crippen molar-refractivity contribution in [2.75, 3.05) is 33.3 Å². The maximum atomic E-state index is 13.1. The molecular formula is C21H26N4O5S. The zero-order valence-corrected chi connectivity index (χ0v) is 18.7. The third-order valence-corrected chi connectivity index (χ3v) is 7.53. The topological polar surface area (TPSA) is 102 Å². The number of aryl methyl sites for hydroxylation is 2. The first-order valence-corrected chi connectivity index (χ1v) is 11.6. The highest BCUT2D eigenvalue weighted by Gasteiger charge is 2.32. The van der Waals surface area contributed by atoms with Crippen molar-refractivity contribution in [2.24, 2.45) is 0 Å². The number of oxazole rings is 1. The van der Waals surface area contributed by atoms with E-state index in [1.807, 2.05) is 24.3 Å². The number of hydrogen-bond acceptors (Lipinski definition) is 8. The van der Waals surface area contributed by atoms with Crippen LogP contribution < -0.4 is 4.74 Å². The van der Waals surface area contributed by atoms with Gasteiger partial charge < -0.3 is 13.7 Å². The van der Waals surface area contributed by atoms with E-state index >= 15 is 0 Å². The Morgan fingerprint density at radius 1 is 1.10 bits per heavy atom. The van der Waals surface area contributed by atoms with Crippen LogP contribution in [0.25, 0.3) is 11.5 Å². The Morgan fingerprint density at radius 3 is 2.55 bits per heavy atom. The molecule has 3 aromatic rings. The van der Waals surface area contributed by atoms with E-state index in [4.69, 9.17) is 13.7 Å². The monoisotopic (exact) mass is 446 g/mol. The molecule has 0 spiro atoms. The largest absolute Gasteiger partial charge is 0.497 e. The number of sulfonamides is 1. The van der Waals surface area contributed by atoms with E-state index in [1.165, 1.54) is 4.31 Å². The lowest BCUT2D eigenvalue weighted by Crippen LogP contribution is -2.35. The van der Waals surface area contributed by atoms with Crippen LogP contribution >= 0.6 is 0 Å². The van der Waals surface area contributed by atoms with Gasteiger partial charge in [-0.1, -0.05) is 5.16 Å². The molecular weight excluding hydrogens is 420 g/mol. The fourth-order valence-electron chi connectivity index (χ4n) is 3.79. The summed E-state index contributed by atoms with van der Waals surface area (Å²) in [6.45, 7) is 6.11. The maximum absolute atomic E-state index is 13.1. The molecule has 31 heavy (non-hydrogen) atoms. The van der Waals surface area contributed by atoms with Crippen molar-refractivity contribution < 1.29 is 22.1 Å². The second kappa shape index (κ2) is 8.81. The fraction of sp³-hybridized carbons (Fsp3) is 0.429. The van der Waals surface area contributed by atoms with Crippen LogP contribution in [-0.4, -0.2) is 61.1 Å². The van der Waals surface area contributed by atoms with Crippen LogP contribution in [0.4, 0.5) is 0 Å². The van der Waals surface area contributed by atoms with Gasteiger partial charge in [0.15, 0.2) is 5.76 Å². The molecule has 1 aliphatic rings. The van der Waals surface area contributed by atoms with Gasteiger partial charge in [-0.15, -0.1) is 0 Å². The molecule has 9 nitrogen and oxygen atoms in total. The van der Waals surface area contributed by atoms with E-state index in [1.54, 1.807) is 27.2 Å². The molecule has 0 amide bonds. The molecule has 0 radical (unpaired) electrons. The normalized spacial score (nSPS) is 16.4. The predicted molar refractivity (Wildman–Crippen MR) is 113 cm³/mol. The molecule has 0 N–H and O–H groups in total. The van der Waals surface area contributed by atoms with Crippen molar-refractivity contribution in [3.05, 3.63) is 47.7 Å². The molecule has 0 aliphatic carbocycles. The summed E-state index contributed by atoms with van der Waals surface area (Å²) >= 11 is 0. The van der Waals surface area contributed by atoms with Crippen molar-refractivity contribution in [1.29, 1.82) is 0 Å². The molecule has 1 saturated heterocycles. The Bertz CT molecular complexity index is 1120. The van der Waals surface area contributed by atoms with Crippen LogP contribution in [0.3, 0.4) is 0 Å². The minimum Gasteiger partial charge on any atom is -0.497 e. The summed E-state index contributed by atoms with van der Waals surface area (Å²) in [5, 5.41) is 3.79. The van der Waals surface area contributed by atoms with Gasteiger partial charge >= 0.3 is 0 Å². The van der Waals surface area contributed by atoms with Crippen LogP contribution in [0.2, 0.25) is 0 Å². The zero-order chi connectivity index (χ0) is 22.0. The summed E-state index contributed by atoms with van der Waals surface area (Å²) in [4.78, 5) is 6.97. The van der Waals surface area contributed by atoms with E-state index in [0.29, 0.717) is 43.5 Å². The second-order valence-electron chi connectivity index (χ2n) is 7.56. The molecule has 166 valence electrons. The third kappa shape index (κ3) is 4.51. The summed E-state index contributed by atoms with van der Waals surface area (Å²) in [7, 11) is -2.01. The Hall–Kier alpha value is -2.69. The number of ether oxygens (including phenoxy) is 1. The standard InChI is InChI=1S/C21H26N4O5S/c1-15-20(16(2)30-23-15)31(26,27)25-10-4-9-24(11-12-25)13-18-14-29-21(22-18)17-5-7-19(28-3)8-6-17/h5-8,14H,4,9-13H2,1-3H3. The van der Waals surface area contributed by atoms with Crippen LogP contribution in [-0.2, 0) is 16.6 Å². The predicted octanol–water partition coefficient (Wildman–Crippen LogP) is 2.85. The number of methoxy groups -OCH3 is 1. The first-order chi connectivity index (χ1) is 14.9. The van der Waals surface area contributed by atoms with Gasteiger partial charge in [-0.2, -0.15) is 4.31 Å². The number of rotatable bonds is 6. The highest BCUT2D eigenvalue weighted by atomic mass is 32.2. The van der Waals surface area contributed by atoms with Crippen molar-refractivity contribution in [2.45, 2.75) is 31.7 Å². The summed E-state index contributed by atoms with van der Waals surface area (Å²) in [5.74, 6) is 1.65. The van der Waals surface area contributed by atoms with Gasteiger partial charge in [0, 0.05) is 31.7 Å². The highest BCUT2D eigenvalue weighted by molar-refractivity contribution is 7.89. The molecule has 1 fully saturated rings. The smallest absolute Gasteiger partial charge is 0.248 e. The SMILES string of the molecule is COc1ccc(-c2nc(CN3CCCN(S(=O)(=O)c4c(C)noc4C)CC3)co2)cc1. The number of benzene rings is 1. The molecule has 10 heteroatoms. The van der Waals surface area contributed by atoms with E-state index in [9.17, 15) is 8.42 Å². The molecule has 1 aliphatic heterocycles. The lowest BCUT2D eigenvalue weighted by Gasteiger charge is -2.21. The quantitative estimate of drug-likeness (QED) is 0.570. The lowest BCUT2D eigenvalue weighted by atomic mass is 10.2. The number of nitrogens with zero attached hydrogens (tertiary/aromatic N) is 4. The minimum atomic E-state index is -3.63. The van der Waals surface area contributed by atoms with E-state index in [2.05, 4.69) is 15.0 Å². The molecule has 0 atom stereocenters. The Kier molecular flexibility index (Phi) is 6.12. The van der Waals surface area contributed by atoms with E-state index in [0.717, 1.165) is 30.0 Å². The first kappa shape index (κ1) is 21.5. The van der Waals surface area contributed by atoms with Gasteiger partial charge in [0.1, 0.15) is 22.6 Å². The molecule has 3 heterocycles. The van der Waals surface area contributed by atoms with Gasteiger partial charge in [-0.25, -0.2) is 13.4 Å². The third-order valence-electron chi connectivity index (χ3n) is 5.39. The Morgan fingerprint density at radius 2 is 1.87 bits per heavy atom. The van der Waals surface area contributed by atoms with Crippen molar-refractivity contribution in [1.82, 2.24) is 19.3 Å². The van der Waals surface area contributed by atoms with Gasteiger partial charge in [0.05, 0.1) is 12.8 Å². The summed E-state index contributed by atoms with van der Waals surface area (Å²) < 4.78 is 43.6. The molecule has 0 unspecified atom stereocenters. The molecule has 0 bridgehead atoms. The Balaban J connectivity index is 1.41. The summed E-state index contributed by atoms with van der Waals surface area (Å²) in [5.41, 5.74) is 2.08. The van der Waals surface area contributed by atoms with Crippen LogP contribution in [0.15, 0.2) is 44.4 Å². The molecule has 2 aromatic heterocycles. The average Bonchev–Trinajstić information content (AvgIpc) is 3.27. The fourth-order valence-corrected chi connectivity index (χ4v) is 5.55. The van der Waals surface area contributed by atoms with Crippen molar-refractivity contribution in [3.63, 3.8) is 0 Å². The van der Waals surface area contributed by atoms with Crippen molar-refractivity contribution in [3.8, 4) is 17.2 Å². The summed E-state index contributed by atoms with van der Waals surface area (Å²) in [6, 6.07) is 7.53. The number of aromatic nitrogens is 2. The highest BCUT2D eigenvalue weighted by Crippen LogP contribution is 2.25. The molecule has 1 aromatic carbocycles. The summed E-state index contributed by atoms with van der Waals surface area (Å²) in [6.07, 6.45) is 2.38. The van der Waals surface area contributed by atoms with Crippen LogP contribution in [0, 0.1) is 13.8 Å². The maximum Gasteiger partial charge on any atom is 0.248 e. The molecule has 0 saturated carbocycles. The zero-order valence-electron chi connectivity index (χ0n) is 17.9. The van der Waals surface area contributed by atoms with Gasteiger partial charge in [0.25, 0.3) is 0 Å². The van der Waals surface area contributed by atoms with Crippen LogP contribution in [0.5, 0.6) is 5.75 Å². The second-order valence-corrected chi connectivity index (χ2v) is 9.43.